The van der Waals surface area contributed by atoms with Crippen molar-refractivity contribution in [2.24, 2.45) is 16.8 Å². The number of hydrogen-bond acceptors (Lipinski definition) is 6. The van der Waals surface area contributed by atoms with E-state index in [1.807, 2.05) is 13.0 Å². The summed E-state index contributed by atoms with van der Waals surface area (Å²) in [6.07, 6.45) is 4.88. The number of ether oxygens (including phenoxy) is 1. The molecule has 1 aliphatic carbocycles. The maximum Gasteiger partial charge on any atom is 0.336 e. The molecule has 0 saturated heterocycles. The summed E-state index contributed by atoms with van der Waals surface area (Å²) in [4.78, 5) is 43.7. The Labute approximate surface area is 187 Å². The fourth-order valence-corrected chi connectivity index (χ4v) is 5.35. The molecule has 0 N–H and O–H groups in total. The third-order valence-corrected chi connectivity index (χ3v) is 6.79. The summed E-state index contributed by atoms with van der Waals surface area (Å²) in [5.41, 5.74) is 2.44. The highest BCUT2D eigenvalue weighted by atomic mass is 16.5. The molecule has 0 amide bonds. The van der Waals surface area contributed by atoms with Gasteiger partial charge in [-0.25, -0.2) is 4.79 Å². The van der Waals surface area contributed by atoms with Gasteiger partial charge >= 0.3 is 5.97 Å². The minimum Gasteiger partial charge on any atom is -0.466 e. The van der Waals surface area contributed by atoms with Gasteiger partial charge in [0.15, 0.2) is 5.43 Å². The zero-order valence-corrected chi connectivity index (χ0v) is 19.1. The summed E-state index contributed by atoms with van der Waals surface area (Å²) in [5, 5.41) is 0.428. The van der Waals surface area contributed by atoms with Crippen LogP contribution in [0.4, 0.5) is 0 Å². The monoisotopic (exact) mass is 435 g/mol. The number of nitrogens with zero attached hydrogens (tertiary/aromatic N) is 1. The molecule has 168 valence electrons. The van der Waals surface area contributed by atoms with Gasteiger partial charge in [-0.15, -0.1) is 0 Å². The molecule has 2 unspecified atom stereocenters. The van der Waals surface area contributed by atoms with Crippen molar-refractivity contribution < 1.29 is 18.7 Å². The first-order valence-electron chi connectivity index (χ1n) is 11.2. The molecule has 0 spiro atoms. The Morgan fingerprint density at radius 1 is 1.16 bits per heavy atom. The average molecular weight is 436 g/mol. The highest BCUT2D eigenvalue weighted by Gasteiger charge is 2.42. The number of para-hydroxylation sites is 1. The van der Waals surface area contributed by atoms with Crippen LogP contribution >= 0.6 is 0 Å². The standard InChI is InChI=1S/C26H29NO5/c1-14-12-20(28)18-10-7-11-19(25(18)32-14)24-22(21(29)13-17-8-5-6-9-17)15(2)27-16(3)23(24)26(30)31-4/h7,10-12,17,22,24H,5-6,8-9,13H2,1-4H3. The highest BCUT2D eigenvalue weighted by Crippen LogP contribution is 2.43. The fraction of sp³-hybridized carbons (Fsp3) is 0.462. The molecule has 32 heavy (non-hydrogen) atoms. The number of allylic oxidation sites excluding steroid dienone is 1. The van der Waals surface area contributed by atoms with Gasteiger partial charge in [-0.2, -0.15) is 0 Å². The van der Waals surface area contributed by atoms with E-state index < -0.39 is 17.8 Å². The summed E-state index contributed by atoms with van der Waals surface area (Å²) < 4.78 is 11.1. The van der Waals surface area contributed by atoms with Crippen LogP contribution in [0.25, 0.3) is 11.0 Å². The Balaban J connectivity index is 1.92. The van der Waals surface area contributed by atoms with E-state index in [2.05, 4.69) is 4.99 Å². The van der Waals surface area contributed by atoms with Crippen LogP contribution in [0, 0.1) is 18.8 Å². The molecular weight excluding hydrogens is 406 g/mol. The molecule has 1 aromatic heterocycles. The zero-order valence-electron chi connectivity index (χ0n) is 19.1. The third kappa shape index (κ3) is 3.94. The molecule has 2 atom stereocenters. The van der Waals surface area contributed by atoms with Crippen LogP contribution in [0.15, 0.2) is 49.7 Å². The van der Waals surface area contributed by atoms with Gasteiger partial charge in [0.05, 0.1) is 24.0 Å². The van der Waals surface area contributed by atoms with Gasteiger partial charge in [0.25, 0.3) is 0 Å². The molecule has 6 heteroatoms. The fourth-order valence-electron chi connectivity index (χ4n) is 5.35. The van der Waals surface area contributed by atoms with E-state index in [0.717, 1.165) is 25.7 Å². The lowest BCUT2D eigenvalue weighted by Crippen LogP contribution is -2.36. The second-order valence-corrected chi connectivity index (χ2v) is 8.97. The normalized spacial score (nSPS) is 21.7. The molecule has 4 rings (SSSR count). The molecule has 0 bridgehead atoms. The number of esters is 1. The molecule has 2 heterocycles. The minimum atomic E-state index is -0.623. The number of carbonyl (C=O) groups excluding carboxylic acids is 2. The summed E-state index contributed by atoms with van der Waals surface area (Å²) in [7, 11) is 1.33. The molecule has 0 radical (unpaired) electrons. The van der Waals surface area contributed by atoms with Crippen molar-refractivity contribution in [1.29, 1.82) is 0 Å². The second kappa shape index (κ2) is 8.85. The van der Waals surface area contributed by atoms with Crippen molar-refractivity contribution in [1.82, 2.24) is 0 Å². The van der Waals surface area contributed by atoms with Crippen LogP contribution in [0.1, 0.15) is 63.2 Å². The summed E-state index contributed by atoms with van der Waals surface area (Å²) >= 11 is 0. The molecule has 1 saturated carbocycles. The number of Topliss-reactive ketones (excluding diaryl/α,β-unsaturated/α-hetero) is 1. The van der Waals surface area contributed by atoms with Crippen molar-refractivity contribution in [3.05, 3.63) is 57.1 Å². The van der Waals surface area contributed by atoms with Gasteiger partial charge in [-0.1, -0.05) is 37.8 Å². The van der Waals surface area contributed by atoms with E-state index in [4.69, 9.17) is 9.15 Å². The van der Waals surface area contributed by atoms with E-state index in [-0.39, 0.29) is 11.2 Å². The van der Waals surface area contributed by atoms with Crippen LogP contribution in [0.2, 0.25) is 0 Å². The highest BCUT2D eigenvalue weighted by molar-refractivity contribution is 6.09. The Morgan fingerprint density at radius 2 is 1.88 bits per heavy atom. The molecule has 2 aliphatic rings. The zero-order chi connectivity index (χ0) is 23.0. The second-order valence-electron chi connectivity index (χ2n) is 8.97. The number of ketones is 1. The van der Waals surface area contributed by atoms with Crippen LogP contribution in [-0.4, -0.2) is 24.6 Å². The third-order valence-electron chi connectivity index (χ3n) is 6.79. The predicted octanol–water partition coefficient (Wildman–Crippen LogP) is 4.87. The molecule has 2 aromatic rings. The molecule has 1 fully saturated rings. The smallest absolute Gasteiger partial charge is 0.336 e. The van der Waals surface area contributed by atoms with E-state index >= 15 is 0 Å². The SMILES string of the molecule is COC(=O)C1=C(C)N=C(C)C(C(=O)CC2CCCC2)C1c1cccc2c(=O)cc(C)oc12. The number of fused-ring (bicyclic) bond motifs is 1. The summed E-state index contributed by atoms with van der Waals surface area (Å²) in [6.45, 7) is 5.32. The van der Waals surface area contributed by atoms with Crippen molar-refractivity contribution in [2.45, 2.75) is 58.8 Å². The number of carbonyl (C=O) groups is 2. The quantitative estimate of drug-likeness (QED) is 0.625. The van der Waals surface area contributed by atoms with Crippen molar-refractivity contribution >= 4 is 28.4 Å². The lowest BCUT2D eigenvalue weighted by molar-refractivity contribution is -0.136. The van der Waals surface area contributed by atoms with Crippen LogP contribution < -0.4 is 5.43 Å². The Hall–Kier alpha value is -3.02. The number of hydrogen-bond donors (Lipinski definition) is 0. The van der Waals surface area contributed by atoms with Crippen molar-refractivity contribution in [2.75, 3.05) is 7.11 Å². The predicted molar refractivity (Wildman–Crippen MR) is 123 cm³/mol. The van der Waals surface area contributed by atoms with Gasteiger partial charge in [-0.05, 0) is 32.8 Å². The number of methoxy groups -OCH3 is 1. The Morgan fingerprint density at radius 3 is 2.56 bits per heavy atom. The van der Waals surface area contributed by atoms with E-state index in [0.29, 0.717) is 51.6 Å². The first kappa shape index (κ1) is 22.2. The lowest BCUT2D eigenvalue weighted by atomic mass is 9.72. The summed E-state index contributed by atoms with van der Waals surface area (Å²) in [5.74, 6) is -0.826. The minimum absolute atomic E-state index is 0.0732. The summed E-state index contributed by atoms with van der Waals surface area (Å²) in [6, 6.07) is 6.76. The molecular formula is C26H29NO5. The lowest BCUT2D eigenvalue weighted by Gasteiger charge is -2.32. The van der Waals surface area contributed by atoms with Crippen LogP contribution in [-0.2, 0) is 14.3 Å². The molecule has 1 aliphatic heterocycles. The number of aliphatic imine (C=N–C) groups is 1. The molecule has 6 nitrogen and oxygen atoms in total. The van der Waals surface area contributed by atoms with E-state index in [1.165, 1.54) is 13.2 Å². The van der Waals surface area contributed by atoms with Gasteiger partial charge in [0, 0.05) is 35.4 Å². The van der Waals surface area contributed by atoms with Crippen LogP contribution in [0.3, 0.4) is 0 Å². The van der Waals surface area contributed by atoms with Gasteiger partial charge in [0.1, 0.15) is 17.1 Å². The first-order valence-corrected chi connectivity index (χ1v) is 11.2. The van der Waals surface area contributed by atoms with Crippen molar-refractivity contribution in [3.8, 4) is 0 Å². The maximum absolute atomic E-state index is 13.6. The Kier molecular flexibility index (Phi) is 6.13. The topological polar surface area (TPSA) is 85.9 Å². The molecule has 1 aromatic carbocycles. The Bertz CT molecular complexity index is 1200. The van der Waals surface area contributed by atoms with E-state index in [9.17, 15) is 14.4 Å². The number of rotatable bonds is 5. The largest absolute Gasteiger partial charge is 0.466 e. The van der Waals surface area contributed by atoms with Gasteiger partial charge in [0.2, 0.25) is 0 Å². The maximum atomic E-state index is 13.6. The van der Waals surface area contributed by atoms with Crippen molar-refractivity contribution in [3.63, 3.8) is 0 Å². The first-order chi connectivity index (χ1) is 15.3. The average Bonchev–Trinajstić information content (AvgIpc) is 3.25. The van der Waals surface area contributed by atoms with E-state index in [1.54, 1.807) is 26.0 Å². The number of aryl methyl sites for hydroxylation is 1. The number of benzene rings is 1. The van der Waals surface area contributed by atoms with Crippen LogP contribution in [0.5, 0.6) is 0 Å². The van der Waals surface area contributed by atoms with Gasteiger partial charge < -0.3 is 9.15 Å². The van der Waals surface area contributed by atoms with Gasteiger partial charge in [-0.3, -0.25) is 14.6 Å².